The van der Waals surface area contributed by atoms with Crippen LogP contribution in [0.1, 0.15) is 21.8 Å². The van der Waals surface area contributed by atoms with E-state index in [1.54, 1.807) is 11.3 Å². The van der Waals surface area contributed by atoms with Gasteiger partial charge in [-0.15, -0.1) is 22.9 Å². The number of rotatable bonds is 5. The Morgan fingerprint density at radius 1 is 1.33 bits per heavy atom. The zero-order chi connectivity index (χ0) is 13.0. The number of aryl methyl sites for hydroxylation is 2. The predicted octanol–water partition coefficient (Wildman–Crippen LogP) is 4.12. The van der Waals surface area contributed by atoms with Crippen LogP contribution in [0.4, 0.5) is 0 Å². The summed E-state index contributed by atoms with van der Waals surface area (Å²) in [4.78, 5) is 4.40. The topological polar surface area (TPSA) is 22.1 Å². The number of benzene rings is 1. The molecule has 1 heterocycles. The summed E-state index contributed by atoms with van der Waals surface area (Å²) in [7, 11) is 0. The molecule has 1 aromatic carbocycles. The lowest BCUT2D eigenvalue weighted by atomic mass is 10.1. The van der Waals surface area contributed by atoms with E-state index in [4.69, 9.17) is 16.3 Å². The van der Waals surface area contributed by atoms with Gasteiger partial charge in [-0.05, 0) is 25.5 Å². The van der Waals surface area contributed by atoms with Crippen LogP contribution in [0.3, 0.4) is 0 Å². The third-order valence-electron chi connectivity index (χ3n) is 2.64. The predicted molar refractivity (Wildman–Crippen MR) is 76.8 cm³/mol. The van der Waals surface area contributed by atoms with Gasteiger partial charge in [-0.1, -0.05) is 17.7 Å². The number of ether oxygens (including phenoxy) is 1. The molecule has 2 nitrogen and oxygen atoms in total. The molecule has 0 atom stereocenters. The zero-order valence-electron chi connectivity index (χ0n) is 10.6. The van der Waals surface area contributed by atoms with E-state index < -0.39 is 0 Å². The maximum absolute atomic E-state index is 5.77. The molecule has 0 unspecified atom stereocenters. The van der Waals surface area contributed by atoms with Crippen LogP contribution < -0.4 is 4.74 Å². The molecule has 0 aliphatic rings. The van der Waals surface area contributed by atoms with Crippen molar-refractivity contribution in [1.82, 2.24) is 4.98 Å². The summed E-state index contributed by atoms with van der Waals surface area (Å²) >= 11 is 7.36. The molecule has 0 saturated carbocycles. The highest BCUT2D eigenvalue weighted by atomic mass is 35.5. The molecule has 0 saturated heterocycles. The molecule has 2 aromatic rings. The van der Waals surface area contributed by atoms with Crippen LogP contribution >= 0.6 is 22.9 Å². The second-order valence-electron chi connectivity index (χ2n) is 4.23. The molecule has 0 aliphatic heterocycles. The van der Waals surface area contributed by atoms with Gasteiger partial charge in [0.25, 0.3) is 0 Å². The van der Waals surface area contributed by atoms with E-state index in [0.29, 0.717) is 12.5 Å². The third kappa shape index (κ3) is 3.47. The molecule has 0 bridgehead atoms. The second-order valence-corrected chi connectivity index (χ2v) is 5.44. The number of hydrogen-bond donors (Lipinski definition) is 0. The van der Waals surface area contributed by atoms with Crippen LogP contribution in [0, 0.1) is 13.8 Å². The van der Waals surface area contributed by atoms with Crippen LogP contribution in [-0.2, 0) is 12.3 Å². The summed E-state index contributed by atoms with van der Waals surface area (Å²) in [5, 5.41) is 3.08. The van der Waals surface area contributed by atoms with Gasteiger partial charge in [-0.2, -0.15) is 0 Å². The highest BCUT2D eigenvalue weighted by molar-refractivity contribution is 7.09. The highest BCUT2D eigenvalue weighted by Gasteiger charge is 2.03. The summed E-state index contributed by atoms with van der Waals surface area (Å²) in [6.07, 6.45) is 0.828. The molecule has 0 amide bonds. The molecule has 0 aliphatic carbocycles. The van der Waals surface area contributed by atoms with Gasteiger partial charge in [0.05, 0.1) is 23.2 Å². The van der Waals surface area contributed by atoms with Crippen LogP contribution in [0.25, 0.3) is 0 Å². The fraction of sp³-hybridized carbons (Fsp3) is 0.357. The van der Waals surface area contributed by atoms with Crippen LogP contribution in [0.5, 0.6) is 5.75 Å². The maximum Gasteiger partial charge on any atom is 0.122 e. The summed E-state index contributed by atoms with van der Waals surface area (Å²) in [6.45, 7) is 4.80. The van der Waals surface area contributed by atoms with E-state index in [-0.39, 0.29) is 0 Å². The average Bonchev–Trinajstić information content (AvgIpc) is 2.80. The Labute approximate surface area is 117 Å². The fourth-order valence-corrected chi connectivity index (χ4v) is 2.74. The van der Waals surface area contributed by atoms with Crippen molar-refractivity contribution in [1.29, 1.82) is 0 Å². The van der Waals surface area contributed by atoms with E-state index in [2.05, 4.69) is 31.0 Å². The molecule has 2 rings (SSSR count). The molecule has 0 spiro atoms. The SMILES string of the molecule is Cc1ccc(OCCc2nc(CCl)cs2)c(C)c1. The molecule has 18 heavy (non-hydrogen) atoms. The van der Waals surface area contributed by atoms with E-state index in [1.165, 1.54) is 11.1 Å². The van der Waals surface area contributed by atoms with Gasteiger partial charge in [-0.25, -0.2) is 4.98 Å². The van der Waals surface area contributed by atoms with Crippen molar-refractivity contribution in [3.05, 3.63) is 45.4 Å². The minimum atomic E-state index is 0.481. The van der Waals surface area contributed by atoms with Gasteiger partial charge < -0.3 is 4.74 Å². The molecule has 1 aromatic heterocycles. The number of aromatic nitrogens is 1. The first-order valence-corrected chi connectivity index (χ1v) is 7.30. The van der Waals surface area contributed by atoms with Crippen molar-refractivity contribution < 1.29 is 4.74 Å². The Balaban J connectivity index is 1.88. The van der Waals surface area contributed by atoms with Gasteiger partial charge in [0.1, 0.15) is 5.75 Å². The number of halogens is 1. The Morgan fingerprint density at radius 2 is 2.17 bits per heavy atom. The molecule has 0 radical (unpaired) electrons. The summed E-state index contributed by atoms with van der Waals surface area (Å²) in [5.41, 5.74) is 3.38. The van der Waals surface area contributed by atoms with Gasteiger partial charge in [-0.3, -0.25) is 0 Å². The summed E-state index contributed by atoms with van der Waals surface area (Å²) < 4.78 is 5.77. The minimum Gasteiger partial charge on any atom is -0.493 e. The van der Waals surface area contributed by atoms with E-state index in [0.717, 1.165) is 22.9 Å². The molecule has 4 heteroatoms. The Hall–Kier alpha value is -1.06. The first kappa shape index (κ1) is 13.4. The minimum absolute atomic E-state index is 0.481. The van der Waals surface area contributed by atoms with E-state index >= 15 is 0 Å². The lowest BCUT2D eigenvalue weighted by molar-refractivity contribution is 0.319. The average molecular weight is 282 g/mol. The molecule has 96 valence electrons. The quantitative estimate of drug-likeness (QED) is 0.769. The Bertz CT molecular complexity index is 524. The van der Waals surface area contributed by atoms with E-state index in [1.807, 2.05) is 11.4 Å². The van der Waals surface area contributed by atoms with Crippen LogP contribution in [0.15, 0.2) is 23.6 Å². The maximum atomic E-state index is 5.77. The number of hydrogen-bond acceptors (Lipinski definition) is 3. The van der Waals surface area contributed by atoms with Crippen molar-refractivity contribution in [2.24, 2.45) is 0 Å². The second kappa shape index (κ2) is 6.21. The van der Waals surface area contributed by atoms with Crippen molar-refractivity contribution >= 4 is 22.9 Å². The van der Waals surface area contributed by atoms with Crippen LogP contribution in [0.2, 0.25) is 0 Å². The summed E-state index contributed by atoms with van der Waals surface area (Å²) in [5.74, 6) is 1.43. The van der Waals surface area contributed by atoms with Crippen molar-refractivity contribution in [3.63, 3.8) is 0 Å². The molecular formula is C14H16ClNOS. The van der Waals surface area contributed by atoms with Crippen molar-refractivity contribution in [2.45, 2.75) is 26.1 Å². The van der Waals surface area contributed by atoms with E-state index in [9.17, 15) is 0 Å². The Kier molecular flexibility index (Phi) is 4.61. The zero-order valence-corrected chi connectivity index (χ0v) is 12.1. The van der Waals surface area contributed by atoms with Gasteiger partial charge in [0.15, 0.2) is 0 Å². The van der Waals surface area contributed by atoms with Crippen LogP contribution in [-0.4, -0.2) is 11.6 Å². The molecule has 0 N–H and O–H groups in total. The first-order chi connectivity index (χ1) is 8.69. The fourth-order valence-electron chi connectivity index (χ4n) is 1.73. The highest BCUT2D eigenvalue weighted by Crippen LogP contribution is 2.19. The first-order valence-electron chi connectivity index (χ1n) is 5.88. The van der Waals surface area contributed by atoms with Crippen molar-refractivity contribution in [2.75, 3.05) is 6.61 Å². The monoisotopic (exact) mass is 281 g/mol. The standard InChI is InChI=1S/C14H16ClNOS/c1-10-3-4-13(11(2)7-10)17-6-5-14-16-12(8-15)9-18-14/h3-4,7,9H,5-6,8H2,1-2H3. The third-order valence-corrected chi connectivity index (χ3v) is 3.87. The number of thiazole rings is 1. The Morgan fingerprint density at radius 3 is 2.83 bits per heavy atom. The van der Waals surface area contributed by atoms with Gasteiger partial charge in [0.2, 0.25) is 0 Å². The summed E-state index contributed by atoms with van der Waals surface area (Å²) in [6, 6.07) is 6.22. The lowest BCUT2D eigenvalue weighted by Crippen LogP contribution is -2.02. The largest absolute Gasteiger partial charge is 0.493 e. The van der Waals surface area contributed by atoms with Gasteiger partial charge >= 0.3 is 0 Å². The van der Waals surface area contributed by atoms with Gasteiger partial charge in [0, 0.05) is 11.8 Å². The normalized spacial score (nSPS) is 10.6. The smallest absolute Gasteiger partial charge is 0.122 e. The molecule has 0 fully saturated rings. The lowest BCUT2D eigenvalue weighted by Gasteiger charge is -2.08. The number of alkyl halides is 1. The molecular weight excluding hydrogens is 266 g/mol. The number of nitrogens with zero attached hydrogens (tertiary/aromatic N) is 1. The van der Waals surface area contributed by atoms with Crippen molar-refractivity contribution in [3.8, 4) is 5.75 Å².